The third-order valence-electron chi connectivity index (χ3n) is 4.34. The van der Waals surface area contributed by atoms with E-state index < -0.39 is 17.8 Å². The van der Waals surface area contributed by atoms with Crippen LogP contribution in [0.3, 0.4) is 0 Å². The minimum atomic E-state index is -0.872. The molecule has 0 bridgehead atoms. The number of carbonyl (C=O) groups excluding carboxylic acids is 1. The van der Waals surface area contributed by atoms with Crippen molar-refractivity contribution in [1.29, 1.82) is 0 Å². The van der Waals surface area contributed by atoms with Crippen molar-refractivity contribution in [2.45, 2.75) is 31.4 Å². The highest BCUT2D eigenvalue weighted by Gasteiger charge is 2.35. The third-order valence-corrected chi connectivity index (χ3v) is 5.30. The summed E-state index contributed by atoms with van der Waals surface area (Å²) in [6.07, 6.45) is 3.01. The number of amides is 1. The van der Waals surface area contributed by atoms with E-state index in [1.54, 1.807) is 17.8 Å². The second kappa shape index (κ2) is 10.2. The van der Waals surface area contributed by atoms with E-state index in [2.05, 4.69) is 15.3 Å². The Morgan fingerprint density at radius 1 is 1.19 bits per heavy atom. The van der Waals surface area contributed by atoms with Crippen molar-refractivity contribution in [3.8, 4) is 11.8 Å². The highest BCUT2D eigenvalue weighted by atomic mass is 32.2. The molecule has 1 heterocycles. The highest BCUT2D eigenvalue weighted by molar-refractivity contribution is 7.98. The molecule has 9 heteroatoms. The first-order valence-corrected chi connectivity index (χ1v) is 9.74. The van der Waals surface area contributed by atoms with Gasteiger partial charge in [-0.1, -0.05) is 12.8 Å². The molecule has 0 radical (unpaired) electrons. The molecule has 1 aromatic rings. The van der Waals surface area contributed by atoms with Crippen molar-refractivity contribution in [2.24, 2.45) is 11.8 Å². The summed E-state index contributed by atoms with van der Waals surface area (Å²) in [4.78, 5) is 32.1. The Labute approximate surface area is 157 Å². The lowest BCUT2D eigenvalue weighted by Crippen LogP contribution is -2.40. The number of aliphatic carboxylic acids is 1. The molecule has 0 aliphatic heterocycles. The molecular formula is C17H25N3O5S. The number of methoxy groups -OCH3 is 2. The van der Waals surface area contributed by atoms with E-state index in [0.29, 0.717) is 48.5 Å². The number of carboxylic acid groups (broad SMARTS) is 1. The Hall–Kier alpha value is -2.03. The van der Waals surface area contributed by atoms with Crippen LogP contribution in [0.15, 0.2) is 6.07 Å². The number of hydrogen-bond donors (Lipinski definition) is 2. The lowest BCUT2D eigenvalue weighted by Gasteiger charge is -2.27. The van der Waals surface area contributed by atoms with Gasteiger partial charge in [0.25, 0.3) is 0 Å². The zero-order chi connectivity index (χ0) is 18.9. The van der Waals surface area contributed by atoms with Gasteiger partial charge in [0, 0.05) is 12.3 Å². The summed E-state index contributed by atoms with van der Waals surface area (Å²) >= 11 is 1.57. The molecule has 0 saturated heterocycles. The molecule has 26 heavy (non-hydrogen) atoms. The summed E-state index contributed by atoms with van der Waals surface area (Å²) in [5.41, 5.74) is 0. The number of rotatable bonds is 9. The number of hydrogen-bond acceptors (Lipinski definition) is 7. The Bertz CT molecular complexity index is 606. The number of ether oxygens (including phenoxy) is 2. The zero-order valence-corrected chi connectivity index (χ0v) is 15.9. The van der Waals surface area contributed by atoms with Crippen molar-refractivity contribution in [2.75, 3.05) is 26.5 Å². The van der Waals surface area contributed by atoms with Gasteiger partial charge in [-0.3, -0.25) is 9.59 Å². The number of carbonyl (C=O) groups is 2. The van der Waals surface area contributed by atoms with E-state index in [0.717, 1.165) is 12.8 Å². The van der Waals surface area contributed by atoms with Crippen LogP contribution in [0.2, 0.25) is 0 Å². The second-order valence-corrected chi connectivity index (χ2v) is 7.15. The van der Waals surface area contributed by atoms with Crippen LogP contribution >= 0.6 is 11.8 Å². The Morgan fingerprint density at radius 3 is 2.38 bits per heavy atom. The Kier molecular flexibility index (Phi) is 7.96. The minimum absolute atomic E-state index is 0.156. The lowest BCUT2D eigenvalue weighted by molar-refractivity contribution is -0.148. The van der Waals surface area contributed by atoms with Gasteiger partial charge in [-0.05, 0) is 12.8 Å². The Morgan fingerprint density at radius 2 is 1.81 bits per heavy atom. The van der Waals surface area contributed by atoms with Crippen LogP contribution in [-0.2, 0) is 15.3 Å². The topological polar surface area (TPSA) is 111 Å². The summed E-state index contributed by atoms with van der Waals surface area (Å²) in [7, 11) is 3.06. The molecule has 2 N–H and O–H groups in total. The molecular weight excluding hydrogens is 358 g/mol. The molecule has 8 nitrogen and oxygen atoms in total. The van der Waals surface area contributed by atoms with E-state index in [9.17, 15) is 14.7 Å². The van der Waals surface area contributed by atoms with E-state index in [-0.39, 0.29) is 5.91 Å². The van der Waals surface area contributed by atoms with Crippen LogP contribution in [0.4, 0.5) is 0 Å². The van der Waals surface area contributed by atoms with Crippen molar-refractivity contribution in [1.82, 2.24) is 15.3 Å². The monoisotopic (exact) mass is 383 g/mol. The van der Waals surface area contributed by atoms with Gasteiger partial charge in [-0.15, -0.1) is 0 Å². The smallest absolute Gasteiger partial charge is 0.307 e. The van der Waals surface area contributed by atoms with Crippen molar-refractivity contribution < 1.29 is 24.2 Å². The van der Waals surface area contributed by atoms with Gasteiger partial charge in [0.05, 0.1) is 37.9 Å². The van der Waals surface area contributed by atoms with Crippen LogP contribution in [0, 0.1) is 11.8 Å². The molecule has 1 fully saturated rings. The molecule has 144 valence electrons. The van der Waals surface area contributed by atoms with Crippen LogP contribution < -0.4 is 14.8 Å². The molecule has 0 aromatic carbocycles. The molecule has 1 aliphatic carbocycles. The summed E-state index contributed by atoms with van der Waals surface area (Å²) < 4.78 is 10.2. The van der Waals surface area contributed by atoms with E-state index >= 15 is 0 Å². The largest absolute Gasteiger partial charge is 0.481 e. The Balaban J connectivity index is 1.75. The average Bonchev–Trinajstić information content (AvgIpc) is 2.67. The number of nitrogens with one attached hydrogen (secondary N) is 1. The molecule has 1 saturated carbocycles. The van der Waals surface area contributed by atoms with Crippen LogP contribution in [0.5, 0.6) is 11.8 Å². The fourth-order valence-electron chi connectivity index (χ4n) is 3.00. The SMILES string of the molecule is COc1cc(OC)nc(CSCCNC(=O)[C@@H]2CCCC[C@@H]2C(=O)O)n1. The quantitative estimate of drug-likeness (QED) is 0.620. The number of thioether (sulfide) groups is 1. The molecule has 1 aliphatic rings. The first-order valence-electron chi connectivity index (χ1n) is 8.59. The minimum Gasteiger partial charge on any atom is -0.481 e. The van der Waals surface area contributed by atoms with Crippen LogP contribution in [-0.4, -0.2) is 53.5 Å². The van der Waals surface area contributed by atoms with Gasteiger partial charge in [-0.2, -0.15) is 21.7 Å². The van der Waals surface area contributed by atoms with Gasteiger partial charge >= 0.3 is 5.97 Å². The van der Waals surface area contributed by atoms with E-state index in [1.165, 1.54) is 14.2 Å². The molecule has 1 aromatic heterocycles. The van der Waals surface area contributed by atoms with Gasteiger partial charge in [-0.25, -0.2) is 0 Å². The standard InChI is InChI=1S/C17H25N3O5S/c1-24-14-9-15(25-2)20-13(19-14)10-26-8-7-18-16(21)11-5-3-4-6-12(11)17(22)23/h9,11-12H,3-8,10H2,1-2H3,(H,18,21)(H,22,23)/t11-,12+/m1/s1. The molecule has 2 rings (SSSR count). The fraction of sp³-hybridized carbons (Fsp3) is 0.647. The third kappa shape index (κ3) is 5.76. The zero-order valence-electron chi connectivity index (χ0n) is 15.1. The molecule has 0 spiro atoms. The first-order chi connectivity index (χ1) is 12.5. The predicted molar refractivity (Wildman–Crippen MR) is 97.4 cm³/mol. The maximum absolute atomic E-state index is 12.3. The number of carboxylic acids is 1. The summed E-state index contributed by atoms with van der Waals surface area (Å²) in [6.45, 7) is 0.480. The van der Waals surface area contributed by atoms with E-state index in [1.807, 2.05) is 0 Å². The maximum atomic E-state index is 12.3. The van der Waals surface area contributed by atoms with Crippen molar-refractivity contribution in [3.63, 3.8) is 0 Å². The lowest BCUT2D eigenvalue weighted by atomic mass is 9.79. The summed E-state index contributed by atoms with van der Waals surface area (Å²) in [5, 5.41) is 12.1. The number of aromatic nitrogens is 2. The van der Waals surface area contributed by atoms with E-state index in [4.69, 9.17) is 9.47 Å². The van der Waals surface area contributed by atoms with Crippen molar-refractivity contribution >= 4 is 23.6 Å². The first kappa shape index (κ1) is 20.3. The van der Waals surface area contributed by atoms with Gasteiger partial charge in [0.15, 0.2) is 0 Å². The molecule has 1 amide bonds. The maximum Gasteiger partial charge on any atom is 0.307 e. The van der Waals surface area contributed by atoms with Gasteiger partial charge < -0.3 is 19.9 Å². The van der Waals surface area contributed by atoms with Crippen molar-refractivity contribution in [3.05, 3.63) is 11.9 Å². The fourth-order valence-corrected chi connectivity index (χ4v) is 3.71. The second-order valence-electron chi connectivity index (χ2n) is 6.05. The van der Waals surface area contributed by atoms with Gasteiger partial charge in [0.1, 0.15) is 5.82 Å². The molecule has 0 unspecified atom stereocenters. The normalized spacial score (nSPS) is 19.6. The van der Waals surface area contributed by atoms with Gasteiger partial charge in [0.2, 0.25) is 17.7 Å². The highest BCUT2D eigenvalue weighted by Crippen LogP contribution is 2.30. The summed E-state index contributed by atoms with van der Waals surface area (Å²) in [5.74, 6) is 0.710. The predicted octanol–water partition coefficient (Wildman–Crippen LogP) is 1.73. The van der Waals surface area contributed by atoms with Crippen LogP contribution in [0.1, 0.15) is 31.5 Å². The van der Waals surface area contributed by atoms with Crippen LogP contribution in [0.25, 0.3) is 0 Å². The number of nitrogens with zero attached hydrogens (tertiary/aromatic N) is 2. The summed E-state index contributed by atoms with van der Waals surface area (Å²) in [6, 6.07) is 1.61. The molecule has 2 atom stereocenters. The average molecular weight is 383 g/mol.